The lowest BCUT2D eigenvalue weighted by Crippen LogP contribution is -2.14. The predicted molar refractivity (Wildman–Crippen MR) is 222 cm³/mol. The van der Waals surface area contributed by atoms with Gasteiger partial charge in [-0.2, -0.15) is 0 Å². The first-order valence-electron chi connectivity index (χ1n) is 18.4. The summed E-state index contributed by atoms with van der Waals surface area (Å²) in [6.45, 7) is 4.72. The normalized spacial score (nSPS) is 13.6. The minimum atomic E-state index is -0.0703. The van der Waals surface area contributed by atoms with E-state index in [0.717, 1.165) is 54.8 Å². The van der Waals surface area contributed by atoms with Crippen LogP contribution in [0.1, 0.15) is 25.0 Å². The molecule has 9 aromatic carbocycles. The zero-order chi connectivity index (χ0) is 35.0. The monoisotopic (exact) mass is 676 g/mol. The molecule has 0 atom stereocenters. The van der Waals surface area contributed by atoms with Gasteiger partial charge >= 0.3 is 0 Å². The highest BCUT2D eigenvalue weighted by atomic mass is 16.3. The lowest BCUT2D eigenvalue weighted by atomic mass is 9.80. The highest BCUT2D eigenvalue weighted by Crippen LogP contribution is 2.51. The first-order valence-corrected chi connectivity index (χ1v) is 18.4. The molecule has 248 valence electrons. The molecule has 0 unspecified atom stereocenters. The maximum atomic E-state index is 6.69. The molecular formula is C51H32O2. The minimum absolute atomic E-state index is 0.0703. The van der Waals surface area contributed by atoms with E-state index in [1.54, 1.807) is 0 Å². The average molecular weight is 677 g/mol. The summed E-state index contributed by atoms with van der Waals surface area (Å²) < 4.78 is 12.9. The third-order valence-electron chi connectivity index (χ3n) is 12.0. The highest BCUT2D eigenvalue weighted by molar-refractivity contribution is 6.25. The fourth-order valence-electron chi connectivity index (χ4n) is 9.58. The molecule has 2 heteroatoms. The van der Waals surface area contributed by atoms with Gasteiger partial charge in [-0.05, 0) is 119 Å². The molecule has 0 saturated heterocycles. The van der Waals surface area contributed by atoms with E-state index in [1.165, 1.54) is 65.9 Å². The van der Waals surface area contributed by atoms with Crippen LogP contribution in [-0.4, -0.2) is 0 Å². The summed E-state index contributed by atoms with van der Waals surface area (Å²) in [5, 5.41) is 11.8. The van der Waals surface area contributed by atoms with Crippen LogP contribution < -0.4 is 0 Å². The van der Waals surface area contributed by atoms with Gasteiger partial charge in [0.2, 0.25) is 0 Å². The molecule has 12 rings (SSSR count). The second-order valence-electron chi connectivity index (χ2n) is 15.2. The maximum Gasteiger partial charge on any atom is 0.136 e. The SMILES string of the molecule is CC1(C)c2ccccc2-c2ccc(-c3c4ccccc4c(-c4ccc5c(c4)oc4ccc6cc7oc8ccccc8c7cc6c45)c4ccccc34)cc21. The number of rotatable bonds is 2. The van der Waals surface area contributed by atoms with Crippen molar-refractivity contribution in [3.05, 3.63) is 169 Å². The summed E-state index contributed by atoms with van der Waals surface area (Å²) >= 11 is 0. The minimum Gasteiger partial charge on any atom is -0.456 e. The lowest BCUT2D eigenvalue weighted by molar-refractivity contribution is 0.660. The van der Waals surface area contributed by atoms with Crippen LogP contribution in [0.5, 0.6) is 0 Å². The van der Waals surface area contributed by atoms with Crippen molar-refractivity contribution < 1.29 is 8.83 Å². The molecule has 0 amide bonds. The molecular weight excluding hydrogens is 645 g/mol. The molecule has 0 spiro atoms. The van der Waals surface area contributed by atoms with Gasteiger partial charge in [0.15, 0.2) is 0 Å². The van der Waals surface area contributed by atoms with E-state index in [0.29, 0.717) is 0 Å². The topological polar surface area (TPSA) is 26.3 Å². The summed E-state index contributed by atoms with van der Waals surface area (Å²) in [5.74, 6) is 0. The average Bonchev–Trinajstić information content (AvgIpc) is 3.83. The Morgan fingerprint density at radius 2 is 0.943 bits per heavy atom. The zero-order valence-electron chi connectivity index (χ0n) is 29.3. The zero-order valence-corrected chi connectivity index (χ0v) is 29.3. The van der Waals surface area contributed by atoms with Crippen LogP contribution in [0, 0.1) is 0 Å². The number of para-hydroxylation sites is 1. The Morgan fingerprint density at radius 3 is 1.70 bits per heavy atom. The molecule has 2 heterocycles. The fourth-order valence-corrected chi connectivity index (χ4v) is 9.58. The van der Waals surface area contributed by atoms with Crippen molar-refractivity contribution in [2.45, 2.75) is 19.3 Å². The van der Waals surface area contributed by atoms with Crippen LogP contribution in [0.4, 0.5) is 0 Å². The van der Waals surface area contributed by atoms with E-state index in [9.17, 15) is 0 Å². The quantitative estimate of drug-likeness (QED) is 0.170. The van der Waals surface area contributed by atoms with Gasteiger partial charge in [0.1, 0.15) is 22.3 Å². The molecule has 0 fully saturated rings. The van der Waals surface area contributed by atoms with Crippen molar-refractivity contribution in [2.75, 3.05) is 0 Å². The van der Waals surface area contributed by atoms with Crippen molar-refractivity contribution in [2.24, 2.45) is 0 Å². The van der Waals surface area contributed by atoms with Crippen LogP contribution in [-0.2, 0) is 5.41 Å². The van der Waals surface area contributed by atoms with Gasteiger partial charge in [-0.1, -0.05) is 129 Å². The number of benzene rings is 9. The smallest absolute Gasteiger partial charge is 0.136 e. The fraction of sp³-hybridized carbons (Fsp3) is 0.0588. The van der Waals surface area contributed by atoms with Gasteiger partial charge in [-0.15, -0.1) is 0 Å². The third-order valence-corrected chi connectivity index (χ3v) is 12.0. The second-order valence-corrected chi connectivity index (χ2v) is 15.2. The van der Waals surface area contributed by atoms with Crippen molar-refractivity contribution in [1.29, 1.82) is 0 Å². The Labute approximate surface area is 305 Å². The molecule has 11 aromatic rings. The van der Waals surface area contributed by atoms with Gasteiger partial charge in [0, 0.05) is 27.0 Å². The molecule has 0 radical (unpaired) electrons. The van der Waals surface area contributed by atoms with Crippen molar-refractivity contribution >= 4 is 76.2 Å². The molecule has 0 bridgehead atoms. The molecule has 2 nitrogen and oxygen atoms in total. The number of hydrogen-bond donors (Lipinski definition) is 0. The van der Waals surface area contributed by atoms with Crippen LogP contribution in [0.3, 0.4) is 0 Å². The maximum absolute atomic E-state index is 6.69. The summed E-state index contributed by atoms with van der Waals surface area (Å²) in [6.07, 6.45) is 0. The Kier molecular flexibility index (Phi) is 5.60. The Hall–Kier alpha value is -6.64. The van der Waals surface area contributed by atoms with Crippen molar-refractivity contribution in [3.8, 4) is 33.4 Å². The van der Waals surface area contributed by atoms with E-state index in [2.05, 4.69) is 159 Å². The van der Waals surface area contributed by atoms with E-state index in [1.807, 2.05) is 12.1 Å². The number of furan rings is 2. The number of fused-ring (bicyclic) bond motifs is 13. The molecule has 1 aliphatic rings. The first kappa shape index (κ1) is 29.0. The molecule has 1 aliphatic carbocycles. The van der Waals surface area contributed by atoms with Crippen LogP contribution in [0.25, 0.3) is 110 Å². The summed E-state index contributed by atoms with van der Waals surface area (Å²) in [4.78, 5) is 0. The van der Waals surface area contributed by atoms with E-state index >= 15 is 0 Å². The third kappa shape index (κ3) is 3.87. The largest absolute Gasteiger partial charge is 0.456 e. The van der Waals surface area contributed by atoms with Crippen LogP contribution in [0.2, 0.25) is 0 Å². The van der Waals surface area contributed by atoms with E-state index < -0.39 is 0 Å². The summed E-state index contributed by atoms with van der Waals surface area (Å²) in [5.41, 5.74) is 13.9. The molecule has 0 saturated carbocycles. The van der Waals surface area contributed by atoms with Gasteiger partial charge in [-0.25, -0.2) is 0 Å². The van der Waals surface area contributed by atoms with Gasteiger partial charge in [0.05, 0.1) is 0 Å². The Morgan fingerprint density at radius 1 is 0.358 bits per heavy atom. The van der Waals surface area contributed by atoms with Gasteiger partial charge < -0.3 is 8.83 Å². The second kappa shape index (κ2) is 10.2. The molecule has 2 aromatic heterocycles. The Bertz CT molecular complexity index is 3310. The van der Waals surface area contributed by atoms with Gasteiger partial charge in [-0.3, -0.25) is 0 Å². The van der Waals surface area contributed by atoms with Crippen LogP contribution >= 0.6 is 0 Å². The first-order chi connectivity index (χ1) is 26.0. The Balaban J connectivity index is 1.08. The highest BCUT2D eigenvalue weighted by Gasteiger charge is 2.35. The molecule has 0 aliphatic heterocycles. The summed E-state index contributed by atoms with van der Waals surface area (Å²) in [6, 6.07) is 57.6. The lowest BCUT2D eigenvalue weighted by Gasteiger charge is -2.23. The number of hydrogen-bond acceptors (Lipinski definition) is 2. The van der Waals surface area contributed by atoms with E-state index in [4.69, 9.17) is 8.83 Å². The molecule has 0 N–H and O–H groups in total. The summed E-state index contributed by atoms with van der Waals surface area (Å²) in [7, 11) is 0. The standard InChI is InChI=1S/C51H32O2/c1-51(2)42-17-9-7-11-32(42)33-22-19-30(25-43(33)51)48-35-13-3-5-15-37(35)49(38-16-6-4-14-36(38)48)31-20-23-39-46(27-31)53-45-24-21-29-26-47-41(28-40(29)50(39)45)34-12-8-10-18-44(34)52-47/h3-28H,1-2H3. The van der Waals surface area contributed by atoms with Crippen molar-refractivity contribution in [1.82, 2.24) is 0 Å². The predicted octanol–water partition coefficient (Wildman–Crippen LogP) is 14.6. The van der Waals surface area contributed by atoms with E-state index in [-0.39, 0.29) is 5.41 Å². The van der Waals surface area contributed by atoms with Gasteiger partial charge in [0.25, 0.3) is 0 Å². The molecule has 53 heavy (non-hydrogen) atoms. The van der Waals surface area contributed by atoms with Crippen LogP contribution in [0.15, 0.2) is 167 Å². The van der Waals surface area contributed by atoms with Crippen molar-refractivity contribution in [3.63, 3.8) is 0 Å².